The first kappa shape index (κ1) is 21.3. The standard InChI is InChI=1S/C21H22F3N3O/c1-5-7-14-8-6-13-25-17(14)18(26-19(28)27-20(2,3)4)15-9-11-16(12-10-15)21(22,23)24/h6,8-13,18H,1-4H3,(H2,26,27,28)/t18-/m0/s1. The van der Waals surface area contributed by atoms with E-state index in [0.717, 1.165) is 12.1 Å². The Morgan fingerprint density at radius 2 is 1.75 bits per heavy atom. The van der Waals surface area contributed by atoms with Gasteiger partial charge in [0.15, 0.2) is 0 Å². The molecule has 1 aromatic carbocycles. The van der Waals surface area contributed by atoms with E-state index in [-0.39, 0.29) is 0 Å². The van der Waals surface area contributed by atoms with Gasteiger partial charge in [-0.05, 0) is 57.5 Å². The van der Waals surface area contributed by atoms with Crippen LogP contribution in [0.25, 0.3) is 0 Å². The molecule has 0 aliphatic carbocycles. The van der Waals surface area contributed by atoms with Crippen LogP contribution >= 0.6 is 0 Å². The molecule has 1 aromatic heterocycles. The molecule has 2 amide bonds. The highest BCUT2D eigenvalue weighted by atomic mass is 19.4. The number of carbonyl (C=O) groups excluding carboxylic acids is 1. The summed E-state index contributed by atoms with van der Waals surface area (Å²) in [5.74, 6) is 5.70. The van der Waals surface area contributed by atoms with Crippen molar-refractivity contribution >= 4 is 6.03 Å². The second kappa shape index (κ2) is 8.34. The molecular formula is C21H22F3N3O. The van der Waals surface area contributed by atoms with Gasteiger partial charge in [0.2, 0.25) is 0 Å². The zero-order chi connectivity index (χ0) is 20.9. The van der Waals surface area contributed by atoms with Crippen LogP contribution in [0.5, 0.6) is 0 Å². The van der Waals surface area contributed by atoms with Crippen molar-refractivity contribution in [2.24, 2.45) is 0 Å². The molecule has 0 bridgehead atoms. The van der Waals surface area contributed by atoms with Gasteiger partial charge in [0, 0.05) is 17.3 Å². The number of aromatic nitrogens is 1. The monoisotopic (exact) mass is 389 g/mol. The van der Waals surface area contributed by atoms with Crippen molar-refractivity contribution in [1.82, 2.24) is 15.6 Å². The molecule has 2 N–H and O–H groups in total. The number of hydrogen-bond acceptors (Lipinski definition) is 2. The number of nitrogens with one attached hydrogen (secondary N) is 2. The normalized spacial score (nSPS) is 12.5. The fraction of sp³-hybridized carbons (Fsp3) is 0.333. The van der Waals surface area contributed by atoms with Crippen LogP contribution in [0.2, 0.25) is 0 Å². The Hall–Kier alpha value is -3.01. The highest BCUT2D eigenvalue weighted by Crippen LogP contribution is 2.31. The van der Waals surface area contributed by atoms with Crippen molar-refractivity contribution in [3.63, 3.8) is 0 Å². The van der Waals surface area contributed by atoms with E-state index >= 15 is 0 Å². The third-order valence-electron chi connectivity index (χ3n) is 3.71. The quantitative estimate of drug-likeness (QED) is 0.751. The minimum atomic E-state index is -4.44. The highest BCUT2D eigenvalue weighted by Gasteiger charge is 2.31. The van der Waals surface area contributed by atoms with Crippen LogP contribution < -0.4 is 10.6 Å². The van der Waals surface area contributed by atoms with Crippen molar-refractivity contribution in [2.75, 3.05) is 0 Å². The number of rotatable bonds is 3. The van der Waals surface area contributed by atoms with E-state index in [1.807, 2.05) is 20.8 Å². The first-order valence-electron chi connectivity index (χ1n) is 8.65. The van der Waals surface area contributed by atoms with Gasteiger partial charge >= 0.3 is 12.2 Å². The Balaban J connectivity index is 2.47. The SMILES string of the molecule is CC#Cc1cccnc1[C@@H](NC(=O)NC(C)(C)C)c1ccc(C(F)(F)F)cc1. The van der Waals surface area contributed by atoms with Crippen molar-refractivity contribution in [1.29, 1.82) is 0 Å². The maximum atomic E-state index is 12.9. The van der Waals surface area contributed by atoms with Gasteiger partial charge in [-0.25, -0.2) is 4.79 Å². The van der Waals surface area contributed by atoms with E-state index in [4.69, 9.17) is 0 Å². The summed E-state index contributed by atoms with van der Waals surface area (Å²) < 4.78 is 38.7. The third kappa shape index (κ3) is 5.74. The molecule has 0 saturated carbocycles. The number of alkyl halides is 3. The summed E-state index contributed by atoms with van der Waals surface area (Å²) in [5, 5.41) is 5.58. The summed E-state index contributed by atoms with van der Waals surface area (Å²) in [5.41, 5.74) is 0.274. The van der Waals surface area contributed by atoms with Crippen molar-refractivity contribution in [2.45, 2.75) is 45.5 Å². The maximum Gasteiger partial charge on any atom is 0.416 e. The molecule has 7 heteroatoms. The van der Waals surface area contributed by atoms with E-state index < -0.39 is 29.4 Å². The molecule has 28 heavy (non-hydrogen) atoms. The smallest absolute Gasteiger partial charge is 0.334 e. The van der Waals surface area contributed by atoms with E-state index in [1.165, 1.54) is 12.1 Å². The van der Waals surface area contributed by atoms with Crippen LogP contribution in [0.15, 0.2) is 42.6 Å². The Morgan fingerprint density at radius 3 is 2.29 bits per heavy atom. The number of hydrogen-bond donors (Lipinski definition) is 2. The zero-order valence-electron chi connectivity index (χ0n) is 16.1. The van der Waals surface area contributed by atoms with E-state index in [2.05, 4.69) is 27.5 Å². The zero-order valence-corrected chi connectivity index (χ0v) is 16.1. The Morgan fingerprint density at radius 1 is 1.11 bits per heavy atom. The summed E-state index contributed by atoms with van der Waals surface area (Å²) in [6.07, 6.45) is -2.88. The molecule has 4 nitrogen and oxygen atoms in total. The molecule has 2 aromatic rings. The molecule has 0 spiro atoms. The predicted octanol–water partition coefficient (Wildman–Crippen LogP) is 4.66. The predicted molar refractivity (Wildman–Crippen MR) is 101 cm³/mol. The maximum absolute atomic E-state index is 12.9. The van der Waals surface area contributed by atoms with Crippen molar-refractivity contribution in [3.8, 4) is 11.8 Å². The lowest BCUT2D eigenvalue weighted by Crippen LogP contribution is -2.47. The molecule has 0 unspecified atom stereocenters. The van der Waals surface area contributed by atoms with Gasteiger partial charge in [0.25, 0.3) is 0 Å². The Labute approximate surface area is 162 Å². The molecule has 0 radical (unpaired) electrons. The summed E-state index contributed by atoms with van der Waals surface area (Å²) in [7, 11) is 0. The number of pyridine rings is 1. The number of urea groups is 1. The lowest BCUT2D eigenvalue weighted by Gasteiger charge is -2.25. The Bertz CT molecular complexity index is 888. The van der Waals surface area contributed by atoms with E-state index in [1.54, 1.807) is 25.3 Å². The van der Waals surface area contributed by atoms with Gasteiger partial charge in [-0.1, -0.05) is 18.1 Å². The molecule has 0 saturated heterocycles. The molecular weight excluding hydrogens is 367 g/mol. The van der Waals surface area contributed by atoms with E-state index in [0.29, 0.717) is 16.8 Å². The molecule has 2 rings (SSSR count). The molecule has 1 heterocycles. The van der Waals surface area contributed by atoms with Crippen LogP contribution in [-0.4, -0.2) is 16.6 Å². The largest absolute Gasteiger partial charge is 0.416 e. The lowest BCUT2D eigenvalue weighted by molar-refractivity contribution is -0.137. The van der Waals surface area contributed by atoms with Gasteiger partial charge in [0.05, 0.1) is 17.3 Å². The van der Waals surface area contributed by atoms with Crippen LogP contribution in [-0.2, 0) is 6.18 Å². The number of amides is 2. The molecule has 0 aliphatic rings. The molecule has 0 aliphatic heterocycles. The van der Waals surface area contributed by atoms with Gasteiger partial charge in [-0.2, -0.15) is 13.2 Å². The Kier molecular flexibility index (Phi) is 6.34. The van der Waals surface area contributed by atoms with Crippen LogP contribution in [0.1, 0.15) is 56.1 Å². The van der Waals surface area contributed by atoms with Crippen molar-refractivity contribution in [3.05, 3.63) is 65.0 Å². The molecule has 148 valence electrons. The minimum absolute atomic E-state index is 0.459. The number of nitrogens with zero attached hydrogens (tertiary/aromatic N) is 1. The summed E-state index contributed by atoms with van der Waals surface area (Å²) in [6, 6.07) is 6.88. The first-order chi connectivity index (χ1) is 13.0. The second-order valence-corrected chi connectivity index (χ2v) is 7.21. The van der Waals surface area contributed by atoms with E-state index in [9.17, 15) is 18.0 Å². The number of halogens is 3. The van der Waals surface area contributed by atoms with Gasteiger partial charge in [0.1, 0.15) is 0 Å². The van der Waals surface area contributed by atoms with Crippen molar-refractivity contribution < 1.29 is 18.0 Å². The summed E-state index contributed by atoms with van der Waals surface area (Å²) in [4.78, 5) is 16.8. The summed E-state index contributed by atoms with van der Waals surface area (Å²) in [6.45, 7) is 7.15. The molecule has 1 atom stereocenters. The van der Waals surface area contributed by atoms with Gasteiger partial charge in [-0.15, -0.1) is 5.92 Å². The highest BCUT2D eigenvalue weighted by molar-refractivity contribution is 5.76. The fourth-order valence-corrected chi connectivity index (χ4v) is 2.57. The first-order valence-corrected chi connectivity index (χ1v) is 8.65. The van der Waals surface area contributed by atoms with Crippen LogP contribution in [0.4, 0.5) is 18.0 Å². The minimum Gasteiger partial charge on any atom is -0.334 e. The number of carbonyl (C=O) groups is 1. The topological polar surface area (TPSA) is 54.0 Å². The average Bonchev–Trinajstić information content (AvgIpc) is 2.58. The van der Waals surface area contributed by atoms with Gasteiger partial charge < -0.3 is 10.6 Å². The lowest BCUT2D eigenvalue weighted by atomic mass is 9.98. The fourth-order valence-electron chi connectivity index (χ4n) is 2.57. The van der Waals surface area contributed by atoms with Gasteiger partial charge in [-0.3, -0.25) is 4.98 Å². The average molecular weight is 389 g/mol. The van der Waals surface area contributed by atoms with Crippen LogP contribution in [0.3, 0.4) is 0 Å². The molecule has 0 fully saturated rings. The van der Waals surface area contributed by atoms with Crippen LogP contribution in [0, 0.1) is 11.8 Å². The number of benzene rings is 1. The second-order valence-electron chi connectivity index (χ2n) is 7.21. The third-order valence-corrected chi connectivity index (χ3v) is 3.71. The summed E-state index contributed by atoms with van der Waals surface area (Å²) >= 11 is 0.